The minimum absolute atomic E-state index is 1.11. The fraction of sp³-hybridized carbons (Fsp3) is 0. The van der Waals surface area contributed by atoms with E-state index in [0.29, 0.717) is 0 Å². The zero-order valence-electron chi connectivity index (χ0n) is 26.7. The molecule has 228 valence electrons. The van der Waals surface area contributed by atoms with E-state index in [-0.39, 0.29) is 0 Å². The van der Waals surface area contributed by atoms with Crippen LogP contribution in [0.3, 0.4) is 0 Å². The third-order valence-electron chi connectivity index (χ3n) is 10.1. The molecule has 2 nitrogen and oxygen atoms in total. The van der Waals surface area contributed by atoms with E-state index in [0.717, 1.165) is 11.2 Å². The van der Waals surface area contributed by atoms with Crippen molar-refractivity contribution in [3.05, 3.63) is 182 Å². The fourth-order valence-corrected chi connectivity index (χ4v) is 7.80. The Bertz CT molecular complexity index is 2690. The van der Waals surface area contributed by atoms with Gasteiger partial charge in [0.05, 0.1) is 17.2 Å². The van der Waals surface area contributed by atoms with Crippen LogP contribution in [0.15, 0.2) is 182 Å². The van der Waals surface area contributed by atoms with Crippen molar-refractivity contribution in [1.82, 2.24) is 9.55 Å². The number of para-hydroxylation sites is 1. The molecule has 2 heterocycles. The molecule has 49 heavy (non-hydrogen) atoms. The predicted molar refractivity (Wildman–Crippen MR) is 205 cm³/mol. The third kappa shape index (κ3) is 4.38. The van der Waals surface area contributed by atoms with Gasteiger partial charge in [-0.25, -0.2) is 0 Å². The maximum Gasteiger partial charge on any atom is 0.0724 e. The van der Waals surface area contributed by atoms with E-state index < -0.39 is 0 Å². The lowest BCUT2D eigenvalue weighted by molar-refractivity contribution is 1.17. The summed E-state index contributed by atoms with van der Waals surface area (Å²) in [5.74, 6) is 0. The molecule has 0 saturated heterocycles. The van der Waals surface area contributed by atoms with E-state index in [1.165, 1.54) is 83.1 Å². The minimum Gasteiger partial charge on any atom is -0.308 e. The van der Waals surface area contributed by atoms with Crippen LogP contribution < -0.4 is 0 Å². The Morgan fingerprint density at radius 3 is 1.39 bits per heavy atom. The average molecular weight is 623 g/mol. The second kappa shape index (κ2) is 11.0. The molecule has 1 aliphatic carbocycles. The Labute approximate surface area is 285 Å². The van der Waals surface area contributed by atoms with Gasteiger partial charge in [0.15, 0.2) is 0 Å². The molecule has 0 atom stereocenters. The van der Waals surface area contributed by atoms with Gasteiger partial charge in [0.25, 0.3) is 0 Å². The van der Waals surface area contributed by atoms with Gasteiger partial charge in [-0.3, -0.25) is 4.98 Å². The molecule has 0 amide bonds. The fourth-order valence-electron chi connectivity index (χ4n) is 7.80. The van der Waals surface area contributed by atoms with Crippen LogP contribution in [0, 0.1) is 0 Å². The number of aromatic nitrogens is 2. The second-order valence-electron chi connectivity index (χ2n) is 12.8. The summed E-state index contributed by atoms with van der Waals surface area (Å²) < 4.78 is 2.31. The number of fused-ring (bicyclic) bond motifs is 11. The summed E-state index contributed by atoms with van der Waals surface area (Å²) in [6.07, 6.45) is 3.85. The molecule has 10 rings (SSSR count). The quantitative estimate of drug-likeness (QED) is 0.192. The first-order valence-electron chi connectivity index (χ1n) is 16.8. The van der Waals surface area contributed by atoms with Gasteiger partial charge in [0.2, 0.25) is 0 Å². The first-order chi connectivity index (χ1) is 24.3. The minimum atomic E-state index is 1.11. The number of rotatable bonds is 3. The third-order valence-corrected chi connectivity index (χ3v) is 10.1. The van der Waals surface area contributed by atoms with Crippen LogP contribution in [0.4, 0.5) is 0 Å². The molecule has 0 fully saturated rings. The van der Waals surface area contributed by atoms with Crippen LogP contribution in [-0.4, -0.2) is 9.55 Å². The van der Waals surface area contributed by atoms with Gasteiger partial charge in [-0.1, -0.05) is 133 Å². The van der Waals surface area contributed by atoms with Gasteiger partial charge in [0.1, 0.15) is 0 Å². The van der Waals surface area contributed by atoms with Gasteiger partial charge in [0, 0.05) is 22.7 Å². The van der Waals surface area contributed by atoms with Crippen molar-refractivity contribution in [1.29, 1.82) is 0 Å². The topological polar surface area (TPSA) is 17.8 Å². The summed E-state index contributed by atoms with van der Waals surface area (Å²) in [6.45, 7) is 0. The van der Waals surface area contributed by atoms with E-state index in [2.05, 4.69) is 179 Å². The largest absolute Gasteiger partial charge is 0.308 e. The van der Waals surface area contributed by atoms with Crippen LogP contribution in [0.2, 0.25) is 0 Å². The molecule has 9 aromatic rings. The van der Waals surface area contributed by atoms with Gasteiger partial charge < -0.3 is 4.57 Å². The van der Waals surface area contributed by atoms with E-state index in [4.69, 9.17) is 0 Å². The maximum absolute atomic E-state index is 4.46. The lowest BCUT2D eigenvalue weighted by atomic mass is 9.80. The van der Waals surface area contributed by atoms with Gasteiger partial charge in [-0.05, 0) is 103 Å². The van der Waals surface area contributed by atoms with Crippen LogP contribution in [0.25, 0.3) is 94.3 Å². The zero-order valence-corrected chi connectivity index (χ0v) is 26.7. The Kier molecular flexibility index (Phi) is 6.22. The lowest BCUT2D eigenvalue weighted by Crippen LogP contribution is -1.97. The van der Waals surface area contributed by atoms with E-state index >= 15 is 0 Å². The molecule has 2 heteroatoms. The highest BCUT2D eigenvalue weighted by Crippen LogP contribution is 2.48. The zero-order chi connectivity index (χ0) is 32.3. The summed E-state index contributed by atoms with van der Waals surface area (Å²) in [4.78, 5) is 4.46. The molecule has 0 unspecified atom stereocenters. The molecule has 0 spiro atoms. The molecule has 0 radical (unpaired) electrons. The van der Waals surface area contributed by atoms with Crippen molar-refractivity contribution < 1.29 is 0 Å². The molecule has 2 aromatic heterocycles. The van der Waals surface area contributed by atoms with Crippen LogP contribution in [0.5, 0.6) is 0 Å². The monoisotopic (exact) mass is 622 g/mol. The molecular weight excluding hydrogens is 593 g/mol. The van der Waals surface area contributed by atoms with Crippen molar-refractivity contribution in [2.45, 2.75) is 0 Å². The molecule has 0 N–H and O–H groups in total. The highest BCUT2D eigenvalue weighted by Gasteiger charge is 2.22. The number of hydrogen-bond donors (Lipinski definition) is 0. The van der Waals surface area contributed by atoms with Gasteiger partial charge >= 0.3 is 0 Å². The number of hydrogen-bond acceptors (Lipinski definition) is 1. The highest BCUT2D eigenvalue weighted by atomic mass is 15.0. The Balaban J connectivity index is 1.08. The van der Waals surface area contributed by atoms with Crippen molar-refractivity contribution in [3.8, 4) is 72.4 Å². The lowest BCUT2D eigenvalue weighted by Gasteiger charge is -2.23. The average Bonchev–Trinajstić information content (AvgIpc) is 3.51. The summed E-state index contributed by atoms with van der Waals surface area (Å²) in [5, 5.41) is 2.43. The summed E-state index contributed by atoms with van der Waals surface area (Å²) >= 11 is 0. The van der Waals surface area contributed by atoms with Gasteiger partial charge in [-0.2, -0.15) is 0 Å². The number of pyridine rings is 1. The molecule has 0 aliphatic heterocycles. The first kappa shape index (κ1) is 27.6. The Hall–Kier alpha value is -6.51. The first-order valence-corrected chi connectivity index (χ1v) is 16.8. The standard InChI is InChI=1S/C47H30N2/c1-2-10-35(11-3-1)49-46-25-23-34(29-45(46)43-26-27-48-30-47(43)49)32-20-18-31(19-21-32)33-22-24-42-40-16-7-6-14-38(40)36-12-4-5-13-37(36)39-15-8-9-17-41(39)44(42)28-33/h1-30H. The molecule has 7 aromatic carbocycles. The number of benzene rings is 7. The highest BCUT2D eigenvalue weighted by molar-refractivity contribution is 6.10. The van der Waals surface area contributed by atoms with Crippen LogP contribution in [0.1, 0.15) is 0 Å². The molecular formula is C47H30N2. The summed E-state index contributed by atoms with van der Waals surface area (Å²) in [7, 11) is 0. The van der Waals surface area contributed by atoms with Gasteiger partial charge in [-0.15, -0.1) is 0 Å². The second-order valence-corrected chi connectivity index (χ2v) is 12.8. The SMILES string of the molecule is c1ccc(-n2c3ccc(-c4ccc(-c5ccc6c(c5)-c5ccccc5-c5ccccc5-c5ccccc5-6)cc4)cc3c3ccncc32)cc1. The maximum atomic E-state index is 4.46. The Morgan fingerprint density at radius 2 is 0.796 bits per heavy atom. The van der Waals surface area contributed by atoms with Crippen molar-refractivity contribution >= 4 is 21.8 Å². The predicted octanol–water partition coefficient (Wildman–Crippen LogP) is 12.5. The van der Waals surface area contributed by atoms with Crippen molar-refractivity contribution in [2.24, 2.45) is 0 Å². The van der Waals surface area contributed by atoms with E-state index in [1.807, 2.05) is 12.4 Å². The Morgan fingerprint density at radius 1 is 0.327 bits per heavy atom. The smallest absolute Gasteiger partial charge is 0.0724 e. The van der Waals surface area contributed by atoms with E-state index in [9.17, 15) is 0 Å². The summed E-state index contributed by atoms with van der Waals surface area (Å²) in [6, 6.07) is 61.9. The summed E-state index contributed by atoms with van der Waals surface area (Å²) in [5.41, 5.74) is 18.4. The van der Waals surface area contributed by atoms with E-state index in [1.54, 1.807) is 0 Å². The van der Waals surface area contributed by atoms with Crippen LogP contribution >= 0.6 is 0 Å². The van der Waals surface area contributed by atoms with Crippen molar-refractivity contribution in [2.75, 3.05) is 0 Å². The number of nitrogens with zero attached hydrogens (tertiary/aromatic N) is 2. The molecule has 0 saturated carbocycles. The molecule has 0 bridgehead atoms. The van der Waals surface area contributed by atoms with Crippen molar-refractivity contribution in [3.63, 3.8) is 0 Å². The molecule has 1 aliphatic rings. The van der Waals surface area contributed by atoms with Crippen LogP contribution in [-0.2, 0) is 0 Å². The normalized spacial score (nSPS) is 11.7.